The molecule has 0 atom stereocenters. The van der Waals surface area contributed by atoms with E-state index in [2.05, 4.69) is 5.32 Å². The minimum Gasteiger partial charge on any atom is -0.348 e. The van der Waals surface area contributed by atoms with E-state index < -0.39 is 0 Å². The Kier molecular flexibility index (Phi) is 5.31. The van der Waals surface area contributed by atoms with Gasteiger partial charge in [0, 0.05) is 24.2 Å². The summed E-state index contributed by atoms with van der Waals surface area (Å²) in [6.07, 6.45) is 0. The molecule has 2 rings (SSSR count). The monoisotopic (exact) mass is 318 g/mol. The van der Waals surface area contributed by atoms with Crippen LogP contribution in [0.15, 0.2) is 54.6 Å². The molecule has 0 unspecified atom stereocenters. The van der Waals surface area contributed by atoms with Crippen molar-refractivity contribution in [3.63, 3.8) is 0 Å². The molecule has 0 aliphatic rings. The van der Waals surface area contributed by atoms with Crippen molar-refractivity contribution in [3.8, 4) is 0 Å². The van der Waals surface area contributed by atoms with Gasteiger partial charge in [-0.2, -0.15) is 0 Å². The molecule has 0 radical (unpaired) electrons. The highest BCUT2D eigenvalue weighted by molar-refractivity contribution is 7.80. The molecule has 21 heavy (non-hydrogen) atoms. The molecule has 0 saturated carbocycles. The number of rotatable bonds is 3. The zero-order valence-electron chi connectivity index (χ0n) is 11.5. The van der Waals surface area contributed by atoms with Crippen molar-refractivity contribution >= 4 is 34.8 Å². The fourth-order valence-corrected chi connectivity index (χ4v) is 2.17. The second-order valence-electron chi connectivity index (χ2n) is 4.61. The van der Waals surface area contributed by atoms with Gasteiger partial charge in [0.25, 0.3) is 5.91 Å². The van der Waals surface area contributed by atoms with Crippen molar-refractivity contribution in [2.45, 2.75) is 6.54 Å². The quantitative estimate of drug-likeness (QED) is 0.879. The molecular formula is C16H15ClN2OS. The second-order valence-corrected chi connectivity index (χ2v) is 5.43. The fraction of sp³-hybridized carbons (Fsp3) is 0.125. The zero-order chi connectivity index (χ0) is 15.2. The number of carbonyl (C=O) groups is 1. The van der Waals surface area contributed by atoms with E-state index in [-0.39, 0.29) is 5.91 Å². The van der Waals surface area contributed by atoms with Gasteiger partial charge in [0.1, 0.15) is 0 Å². The number of hydrogen-bond acceptors (Lipinski definition) is 2. The van der Waals surface area contributed by atoms with Crippen LogP contribution in [0.2, 0.25) is 5.02 Å². The maximum atomic E-state index is 12.1. The van der Waals surface area contributed by atoms with Crippen molar-refractivity contribution in [3.05, 3.63) is 70.7 Å². The minimum atomic E-state index is -0.262. The van der Waals surface area contributed by atoms with Crippen LogP contribution in [0.5, 0.6) is 0 Å². The number of halogens is 1. The number of hydrogen-bond donors (Lipinski definition) is 1. The van der Waals surface area contributed by atoms with Crippen LogP contribution in [0.25, 0.3) is 0 Å². The highest BCUT2D eigenvalue weighted by Gasteiger charge is 2.11. The van der Waals surface area contributed by atoms with Crippen molar-refractivity contribution < 1.29 is 4.79 Å². The van der Waals surface area contributed by atoms with Crippen LogP contribution in [0.1, 0.15) is 15.9 Å². The Bertz CT molecular complexity index is 646. The molecule has 2 aromatic rings. The largest absolute Gasteiger partial charge is 0.348 e. The first-order valence-electron chi connectivity index (χ1n) is 6.42. The van der Waals surface area contributed by atoms with Crippen LogP contribution < -0.4 is 5.32 Å². The maximum Gasteiger partial charge on any atom is 0.257 e. The molecule has 108 valence electrons. The Hall–Kier alpha value is -1.91. The Morgan fingerprint density at radius 2 is 1.90 bits per heavy atom. The molecule has 0 bridgehead atoms. The van der Waals surface area contributed by atoms with Crippen LogP contribution in [0.3, 0.4) is 0 Å². The van der Waals surface area contributed by atoms with Crippen LogP contribution in [-0.4, -0.2) is 23.0 Å². The van der Waals surface area contributed by atoms with Crippen LogP contribution >= 0.6 is 23.8 Å². The molecule has 0 aliphatic carbocycles. The first-order chi connectivity index (χ1) is 10.1. The lowest BCUT2D eigenvalue weighted by Gasteiger charge is -2.20. The predicted molar refractivity (Wildman–Crippen MR) is 89.4 cm³/mol. The SMILES string of the molecule is CN(Cc1ccccc1)C(=S)NC(=O)c1cccc(Cl)c1. The van der Waals surface area contributed by atoms with Crippen molar-refractivity contribution in [2.75, 3.05) is 7.05 Å². The summed E-state index contributed by atoms with van der Waals surface area (Å²) in [5.41, 5.74) is 1.61. The molecule has 0 aromatic heterocycles. The molecule has 0 fully saturated rings. The summed E-state index contributed by atoms with van der Waals surface area (Å²) >= 11 is 11.1. The Morgan fingerprint density at radius 1 is 1.19 bits per heavy atom. The molecule has 1 amide bonds. The smallest absolute Gasteiger partial charge is 0.257 e. The summed E-state index contributed by atoms with van der Waals surface area (Å²) in [6, 6.07) is 16.7. The standard InChI is InChI=1S/C16H15ClN2OS/c1-19(11-12-6-3-2-4-7-12)16(21)18-15(20)13-8-5-9-14(17)10-13/h2-10H,11H2,1H3,(H,18,20,21). The first kappa shape index (κ1) is 15.5. The lowest BCUT2D eigenvalue weighted by molar-refractivity contribution is 0.0973. The summed E-state index contributed by atoms with van der Waals surface area (Å²) in [7, 11) is 1.84. The van der Waals surface area contributed by atoms with Gasteiger partial charge in [-0.3, -0.25) is 10.1 Å². The molecule has 5 heteroatoms. The van der Waals surface area contributed by atoms with Crippen LogP contribution in [0.4, 0.5) is 0 Å². The first-order valence-corrected chi connectivity index (χ1v) is 7.21. The topological polar surface area (TPSA) is 32.3 Å². The normalized spacial score (nSPS) is 10.0. The number of amides is 1. The number of thiocarbonyl (C=S) groups is 1. The predicted octanol–water partition coefficient (Wildman–Crippen LogP) is 3.49. The summed E-state index contributed by atoms with van der Waals surface area (Å²) in [6.45, 7) is 0.634. The van der Waals surface area contributed by atoms with Gasteiger partial charge in [-0.15, -0.1) is 0 Å². The van der Waals surface area contributed by atoms with E-state index >= 15 is 0 Å². The third-order valence-electron chi connectivity index (χ3n) is 2.92. The van der Waals surface area contributed by atoms with E-state index in [4.69, 9.17) is 23.8 Å². The van der Waals surface area contributed by atoms with Crippen molar-refractivity contribution in [1.82, 2.24) is 10.2 Å². The summed E-state index contributed by atoms with van der Waals surface area (Å²) in [4.78, 5) is 13.9. The van der Waals surface area contributed by atoms with Crippen LogP contribution in [-0.2, 0) is 6.54 Å². The third kappa shape index (κ3) is 4.55. The third-order valence-corrected chi connectivity index (χ3v) is 3.57. The van der Waals surface area contributed by atoms with E-state index in [1.807, 2.05) is 42.3 Å². The fourth-order valence-electron chi connectivity index (χ4n) is 1.82. The molecule has 2 aromatic carbocycles. The molecule has 0 saturated heterocycles. The molecule has 0 heterocycles. The highest BCUT2D eigenvalue weighted by Crippen LogP contribution is 2.10. The van der Waals surface area contributed by atoms with E-state index in [0.717, 1.165) is 5.56 Å². The molecule has 0 spiro atoms. The molecular weight excluding hydrogens is 304 g/mol. The van der Waals surface area contributed by atoms with Gasteiger partial charge < -0.3 is 4.90 Å². The number of carbonyl (C=O) groups excluding carboxylic acids is 1. The van der Waals surface area contributed by atoms with Crippen molar-refractivity contribution in [2.24, 2.45) is 0 Å². The summed E-state index contributed by atoms with van der Waals surface area (Å²) in [5, 5.41) is 3.60. The van der Waals surface area contributed by atoms with Gasteiger partial charge >= 0.3 is 0 Å². The number of nitrogens with zero attached hydrogens (tertiary/aromatic N) is 1. The van der Waals surface area contributed by atoms with E-state index in [1.54, 1.807) is 24.3 Å². The lowest BCUT2D eigenvalue weighted by atomic mass is 10.2. The minimum absolute atomic E-state index is 0.262. The summed E-state index contributed by atoms with van der Waals surface area (Å²) in [5.74, 6) is -0.262. The number of nitrogens with one attached hydrogen (secondary N) is 1. The molecule has 1 N–H and O–H groups in total. The van der Waals surface area contributed by atoms with E-state index in [9.17, 15) is 4.79 Å². The van der Waals surface area contributed by atoms with E-state index in [0.29, 0.717) is 22.2 Å². The van der Waals surface area contributed by atoms with Gasteiger partial charge in [-0.1, -0.05) is 48.0 Å². The van der Waals surface area contributed by atoms with Gasteiger partial charge in [0.2, 0.25) is 0 Å². The van der Waals surface area contributed by atoms with Gasteiger partial charge in [-0.25, -0.2) is 0 Å². The van der Waals surface area contributed by atoms with E-state index in [1.165, 1.54) is 0 Å². The Morgan fingerprint density at radius 3 is 2.57 bits per heavy atom. The Balaban J connectivity index is 1.96. The second kappa shape index (κ2) is 7.20. The van der Waals surface area contributed by atoms with Crippen LogP contribution in [0, 0.1) is 0 Å². The number of benzene rings is 2. The average Bonchev–Trinajstić information content (AvgIpc) is 2.48. The zero-order valence-corrected chi connectivity index (χ0v) is 13.1. The molecule has 0 aliphatic heterocycles. The van der Waals surface area contributed by atoms with Gasteiger partial charge in [0.05, 0.1) is 0 Å². The van der Waals surface area contributed by atoms with Gasteiger partial charge in [0.15, 0.2) is 5.11 Å². The Labute approximate surface area is 134 Å². The molecule has 3 nitrogen and oxygen atoms in total. The van der Waals surface area contributed by atoms with Gasteiger partial charge in [-0.05, 0) is 36.0 Å². The highest BCUT2D eigenvalue weighted by atomic mass is 35.5. The summed E-state index contributed by atoms with van der Waals surface area (Å²) < 4.78 is 0. The van der Waals surface area contributed by atoms with Crippen molar-refractivity contribution in [1.29, 1.82) is 0 Å². The maximum absolute atomic E-state index is 12.1. The average molecular weight is 319 g/mol. The lowest BCUT2D eigenvalue weighted by Crippen LogP contribution is -2.40.